The molecule has 0 N–H and O–H groups in total. The molecule has 0 aliphatic rings. The van der Waals surface area contributed by atoms with E-state index in [2.05, 4.69) is 26.4 Å². The number of nitrogens with zero attached hydrogens (tertiary/aromatic N) is 4. The summed E-state index contributed by atoms with van der Waals surface area (Å²) in [4.78, 5) is 13.4. The first-order chi connectivity index (χ1) is 12.3. The second kappa shape index (κ2) is 7.07. The molecule has 4 rings (SSSR count). The molecule has 4 nitrogen and oxygen atoms in total. The predicted octanol–water partition coefficient (Wildman–Crippen LogP) is 5.45. The summed E-state index contributed by atoms with van der Waals surface area (Å²) >= 11 is 4.65. The van der Waals surface area contributed by atoms with Gasteiger partial charge in [0.25, 0.3) is 0 Å². The molecule has 0 aromatic carbocycles. The Bertz CT molecular complexity index is 1050. The molecular weight excluding hydrogens is 368 g/mol. The van der Waals surface area contributed by atoms with Crippen LogP contribution in [0.15, 0.2) is 52.0 Å². The molecule has 0 aliphatic heterocycles. The van der Waals surface area contributed by atoms with Crippen LogP contribution in [0, 0.1) is 11.3 Å². The molecule has 0 radical (unpaired) electrons. The number of thiazole rings is 2. The number of thiophene rings is 1. The Morgan fingerprint density at radius 2 is 2.00 bits per heavy atom. The van der Waals surface area contributed by atoms with Crippen molar-refractivity contribution in [3.8, 4) is 28.0 Å². The minimum atomic E-state index is 0.509. The molecule has 4 heterocycles. The van der Waals surface area contributed by atoms with Crippen LogP contribution in [-0.4, -0.2) is 15.0 Å². The van der Waals surface area contributed by atoms with Crippen LogP contribution in [0.3, 0.4) is 0 Å². The van der Waals surface area contributed by atoms with Gasteiger partial charge in [-0.2, -0.15) is 16.6 Å². The lowest BCUT2D eigenvalue weighted by molar-refractivity contribution is 1.27. The van der Waals surface area contributed by atoms with Crippen LogP contribution in [0.1, 0.15) is 10.7 Å². The average Bonchev–Trinajstić information content (AvgIpc) is 3.41. The Morgan fingerprint density at radius 1 is 1.04 bits per heavy atom. The van der Waals surface area contributed by atoms with Gasteiger partial charge in [0, 0.05) is 27.9 Å². The Hall–Kier alpha value is -2.66. The molecule has 25 heavy (non-hydrogen) atoms. The van der Waals surface area contributed by atoms with Gasteiger partial charge < -0.3 is 0 Å². The number of rotatable bonds is 4. The maximum absolute atomic E-state index is 9.52. The van der Waals surface area contributed by atoms with E-state index in [1.165, 1.54) is 11.3 Å². The standard InChI is InChI=1S/C18H10N4S3/c19-8-13(7-14-10-24-17(21-14)12-4-6-23-9-12)18-22-16(11-25-18)15-3-1-2-5-20-15/h1-7,9-11H/b13-7-. The third-order valence-corrected chi connectivity index (χ3v) is 5.83. The van der Waals surface area contributed by atoms with Crippen molar-refractivity contribution < 1.29 is 0 Å². The summed E-state index contributed by atoms with van der Waals surface area (Å²) in [7, 11) is 0. The van der Waals surface area contributed by atoms with Crippen molar-refractivity contribution in [3.63, 3.8) is 0 Å². The molecule has 0 atom stereocenters. The fourth-order valence-electron chi connectivity index (χ4n) is 2.19. The fourth-order valence-corrected chi connectivity index (χ4v) is 4.46. The third kappa shape index (κ3) is 3.42. The van der Waals surface area contributed by atoms with Gasteiger partial charge in [0.15, 0.2) is 0 Å². The van der Waals surface area contributed by atoms with Crippen molar-refractivity contribution in [2.45, 2.75) is 0 Å². The van der Waals surface area contributed by atoms with E-state index >= 15 is 0 Å². The molecule has 0 fully saturated rings. The number of allylic oxidation sites excluding steroid dienone is 1. The molecular formula is C18H10N4S3. The van der Waals surface area contributed by atoms with E-state index in [4.69, 9.17) is 0 Å². The lowest BCUT2D eigenvalue weighted by atomic mass is 10.2. The summed E-state index contributed by atoms with van der Waals surface area (Å²) < 4.78 is 0. The monoisotopic (exact) mass is 378 g/mol. The molecule has 120 valence electrons. The lowest BCUT2D eigenvalue weighted by Gasteiger charge is -1.94. The smallest absolute Gasteiger partial charge is 0.134 e. The quantitative estimate of drug-likeness (QED) is 0.443. The third-order valence-electron chi connectivity index (χ3n) is 3.36. The van der Waals surface area contributed by atoms with Crippen molar-refractivity contribution in [2.75, 3.05) is 0 Å². The normalized spacial score (nSPS) is 11.4. The van der Waals surface area contributed by atoms with E-state index in [0.29, 0.717) is 10.6 Å². The predicted molar refractivity (Wildman–Crippen MR) is 104 cm³/mol. The Kier molecular flexibility index (Phi) is 4.48. The summed E-state index contributed by atoms with van der Waals surface area (Å²) in [6.07, 6.45) is 3.52. The van der Waals surface area contributed by atoms with Crippen LogP contribution in [-0.2, 0) is 0 Å². The van der Waals surface area contributed by atoms with Crippen molar-refractivity contribution >= 4 is 45.7 Å². The zero-order valence-corrected chi connectivity index (χ0v) is 15.2. The molecule has 0 amide bonds. The molecule has 0 unspecified atom stereocenters. The zero-order valence-electron chi connectivity index (χ0n) is 12.8. The van der Waals surface area contributed by atoms with Crippen LogP contribution in [0.2, 0.25) is 0 Å². The van der Waals surface area contributed by atoms with Crippen LogP contribution in [0.5, 0.6) is 0 Å². The van der Waals surface area contributed by atoms with E-state index in [1.54, 1.807) is 34.9 Å². The molecule has 4 aromatic rings. The molecule has 7 heteroatoms. The Balaban J connectivity index is 1.64. The van der Waals surface area contributed by atoms with Gasteiger partial charge in [0.1, 0.15) is 21.8 Å². The SMILES string of the molecule is N#C/C(=C/c1csc(-c2ccsc2)n1)c1nc(-c2ccccn2)cs1. The van der Waals surface area contributed by atoms with Gasteiger partial charge in [-0.05, 0) is 29.7 Å². The second-order valence-electron chi connectivity index (χ2n) is 5.01. The van der Waals surface area contributed by atoms with Gasteiger partial charge in [-0.15, -0.1) is 22.7 Å². The summed E-state index contributed by atoms with van der Waals surface area (Å²) in [5.74, 6) is 0. The molecule has 0 aliphatic carbocycles. The van der Waals surface area contributed by atoms with Crippen LogP contribution in [0.4, 0.5) is 0 Å². The van der Waals surface area contributed by atoms with Crippen LogP contribution in [0.25, 0.3) is 33.6 Å². The first kappa shape index (κ1) is 15.8. The lowest BCUT2D eigenvalue weighted by Crippen LogP contribution is -1.85. The summed E-state index contributed by atoms with van der Waals surface area (Å²) in [6, 6.07) is 9.97. The average molecular weight is 379 g/mol. The molecule has 0 saturated heterocycles. The first-order valence-corrected chi connectivity index (χ1v) is 10.0. The van der Waals surface area contributed by atoms with Gasteiger partial charge in [0.2, 0.25) is 0 Å². The zero-order chi connectivity index (χ0) is 17.1. The maximum atomic E-state index is 9.52. The van der Waals surface area contributed by atoms with E-state index in [-0.39, 0.29) is 0 Å². The summed E-state index contributed by atoms with van der Waals surface area (Å²) in [5.41, 5.74) is 3.97. The highest BCUT2D eigenvalue weighted by atomic mass is 32.1. The van der Waals surface area contributed by atoms with E-state index in [1.807, 2.05) is 40.4 Å². The number of hydrogen-bond donors (Lipinski definition) is 0. The first-order valence-electron chi connectivity index (χ1n) is 7.30. The highest BCUT2D eigenvalue weighted by Gasteiger charge is 2.11. The van der Waals surface area contributed by atoms with Crippen molar-refractivity contribution in [1.29, 1.82) is 5.26 Å². The van der Waals surface area contributed by atoms with Gasteiger partial charge in [0.05, 0.1) is 17.0 Å². The van der Waals surface area contributed by atoms with E-state index in [0.717, 1.165) is 27.7 Å². The number of hydrogen-bond acceptors (Lipinski definition) is 7. The van der Waals surface area contributed by atoms with Crippen LogP contribution < -0.4 is 0 Å². The Labute approximate surface area is 156 Å². The molecule has 0 saturated carbocycles. The summed E-state index contributed by atoms with van der Waals surface area (Å²) in [6.45, 7) is 0. The van der Waals surface area contributed by atoms with E-state index in [9.17, 15) is 5.26 Å². The minimum Gasteiger partial charge on any atom is -0.255 e. The number of aromatic nitrogens is 3. The van der Waals surface area contributed by atoms with Gasteiger partial charge >= 0.3 is 0 Å². The topological polar surface area (TPSA) is 62.5 Å². The van der Waals surface area contributed by atoms with Crippen molar-refractivity contribution in [2.24, 2.45) is 0 Å². The number of nitriles is 1. The molecule has 0 bridgehead atoms. The summed E-state index contributed by atoms with van der Waals surface area (Å²) in [5, 5.41) is 19.1. The van der Waals surface area contributed by atoms with Gasteiger partial charge in [-0.1, -0.05) is 6.07 Å². The van der Waals surface area contributed by atoms with Crippen molar-refractivity contribution in [1.82, 2.24) is 15.0 Å². The highest BCUT2D eigenvalue weighted by Crippen LogP contribution is 2.29. The van der Waals surface area contributed by atoms with Gasteiger partial charge in [-0.25, -0.2) is 9.97 Å². The highest BCUT2D eigenvalue weighted by molar-refractivity contribution is 7.14. The van der Waals surface area contributed by atoms with Gasteiger partial charge in [-0.3, -0.25) is 4.98 Å². The maximum Gasteiger partial charge on any atom is 0.134 e. The largest absolute Gasteiger partial charge is 0.255 e. The fraction of sp³-hybridized carbons (Fsp3) is 0. The minimum absolute atomic E-state index is 0.509. The molecule has 0 spiro atoms. The second-order valence-corrected chi connectivity index (χ2v) is 7.51. The van der Waals surface area contributed by atoms with Crippen molar-refractivity contribution in [3.05, 3.63) is 62.7 Å². The molecule has 4 aromatic heterocycles. The Morgan fingerprint density at radius 3 is 2.76 bits per heavy atom. The van der Waals surface area contributed by atoms with Crippen LogP contribution >= 0.6 is 34.0 Å². The van der Waals surface area contributed by atoms with E-state index < -0.39 is 0 Å². The number of pyridine rings is 1.